The maximum Gasteiger partial charge on any atom is 0.328 e. The highest BCUT2D eigenvalue weighted by Crippen LogP contribution is 2.24. The molecule has 0 amide bonds. The molecule has 0 rings (SSSR count). The third-order valence-corrected chi connectivity index (χ3v) is 3.97. The Labute approximate surface area is 115 Å². The maximum absolute atomic E-state index is 10.4. The SMILES string of the molecule is O=C(O)C=CC(S)(C=CC(=O)O)CSCCS. The van der Waals surface area contributed by atoms with Crippen LogP contribution in [0.15, 0.2) is 24.3 Å². The lowest BCUT2D eigenvalue weighted by Gasteiger charge is -2.19. The minimum Gasteiger partial charge on any atom is -0.478 e. The van der Waals surface area contributed by atoms with Gasteiger partial charge in [0.2, 0.25) is 0 Å². The summed E-state index contributed by atoms with van der Waals surface area (Å²) in [6, 6.07) is 0. The van der Waals surface area contributed by atoms with Gasteiger partial charge in [-0.05, 0) is 5.75 Å². The van der Waals surface area contributed by atoms with Gasteiger partial charge in [-0.1, -0.05) is 12.2 Å². The zero-order chi connectivity index (χ0) is 13.3. The molecule has 0 aliphatic heterocycles. The first-order chi connectivity index (χ1) is 7.89. The van der Waals surface area contributed by atoms with Gasteiger partial charge in [-0.15, -0.1) is 0 Å². The first-order valence-electron chi connectivity index (χ1n) is 4.65. The van der Waals surface area contributed by atoms with Gasteiger partial charge in [-0.2, -0.15) is 37.0 Å². The Hall–Kier alpha value is -0.530. The molecule has 0 spiro atoms. The molecule has 2 N–H and O–H groups in total. The van der Waals surface area contributed by atoms with E-state index in [1.54, 1.807) is 0 Å². The van der Waals surface area contributed by atoms with Crippen LogP contribution in [-0.4, -0.2) is 44.2 Å². The van der Waals surface area contributed by atoms with Crippen molar-refractivity contribution in [1.29, 1.82) is 0 Å². The molecule has 0 saturated carbocycles. The number of rotatable bonds is 8. The van der Waals surface area contributed by atoms with Gasteiger partial charge in [0, 0.05) is 23.7 Å². The predicted octanol–water partition coefficient (Wildman–Crippen LogP) is 1.60. The van der Waals surface area contributed by atoms with E-state index >= 15 is 0 Å². The van der Waals surface area contributed by atoms with Crippen molar-refractivity contribution in [2.24, 2.45) is 0 Å². The zero-order valence-corrected chi connectivity index (χ0v) is 11.5. The van der Waals surface area contributed by atoms with Gasteiger partial charge in [0.1, 0.15) is 0 Å². The van der Waals surface area contributed by atoms with Gasteiger partial charge in [0.05, 0.1) is 4.75 Å². The van der Waals surface area contributed by atoms with Gasteiger partial charge in [-0.3, -0.25) is 0 Å². The van der Waals surface area contributed by atoms with Crippen molar-refractivity contribution in [3.63, 3.8) is 0 Å². The van der Waals surface area contributed by atoms with Crippen LogP contribution in [0.2, 0.25) is 0 Å². The van der Waals surface area contributed by atoms with Crippen LogP contribution in [0.3, 0.4) is 0 Å². The fourth-order valence-corrected chi connectivity index (χ4v) is 2.49. The number of carboxylic acids is 2. The number of hydrogen-bond donors (Lipinski definition) is 4. The molecule has 0 radical (unpaired) electrons. The third kappa shape index (κ3) is 9.20. The molecule has 0 aromatic heterocycles. The Morgan fingerprint density at radius 1 is 1.18 bits per heavy atom. The molecule has 0 unspecified atom stereocenters. The summed E-state index contributed by atoms with van der Waals surface area (Å²) in [6.07, 6.45) is 4.65. The van der Waals surface area contributed by atoms with Crippen molar-refractivity contribution < 1.29 is 19.8 Å². The van der Waals surface area contributed by atoms with E-state index in [0.29, 0.717) is 11.5 Å². The maximum atomic E-state index is 10.4. The summed E-state index contributed by atoms with van der Waals surface area (Å²) in [7, 11) is 0. The molecule has 0 aromatic carbocycles. The molecule has 0 saturated heterocycles. The Morgan fingerprint density at radius 3 is 2.00 bits per heavy atom. The molecule has 0 aliphatic rings. The summed E-state index contributed by atoms with van der Waals surface area (Å²) in [6.45, 7) is 0. The number of thiol groups is 2. The van der Waals surface area contributed by atoms with E-state index < -0.39 is 16.7 Å². The van der Waals surface area contributed by atoms with Crippen molar-refractivity contribution in [1.82, 2.24) is 0 Å². The van der Waals surface area contributed by atoms with Crippen molar-refractivity contribution in [2.75, 3.05) is 17.3 Å². The van der Waals surface area contributed by atoms with Crippen LogP contribution in [0.4, 0.5) is 0 Å². The summed E-state index contributed by atoms with van der Waals surface area (Å²) in [5.74, 6) is -0.227. The normalized spacial score (nSPS) is 15.2. The second kappa shape index (κ2) is 8.54. The molecule has 0 fully saturated rings. The molecule has 17 heavy (non-hydrogen) atoms. The van der Waals surface area contributed by atoms with Crippen molar-refractivity contribution in [2.45, 2.75) is 4.75 Å². The van der Waals surface area contributed by atoms with Gasteiger partial charge < -0.3 is 10.2 Å². The molecular weight excluding hydrogens is 280 g/mol. The average molecular weight is 294 g/mol. The Morgan fingerprint density at radius 2 is 1.65 bits per heavy atom. The van der Waals surface area contributed by atoms with Crippen LogP contribution in [0.5, 0.6) is 0 Å². The Bertz CT molecular complexity index is 302. The minimum atomic E-state index is -1.09. The molecule has 0 heterocycles. The third-order valence-electron chi connectivity index (χ3n) is 1.60. The van der Waals surface area contributed by atoms with Crippen molar-refractivity contribution in [3.05, 3.63) is 24.3 Å². The Balaban J connectivity index is 4.67. The monoisotopic (exact) mass is 294 g/mol. The van der Waals surface area contributed by atoms with Crippen LogP contribution in [0.1, 0.15) is 0 Å². The van der Waals surface area contributed by atoms with Crippen molar-refractivity contribution in [3.8, 4) is 0 Å². The van der Waals surface area contributed by atoms with E-state index in [9.17, 15) is 9.59 Å². The molecule has 7 heteroatoms. The van der Waals surface area contributed by atoms with E-state index in [4.69, 9.17) is 10.2 Å². The van der Waals surface area contributed by atoms with Gasteiger partial charge in [-0.25, -0.2) is 9.59 Å². The largest absolute Gasteiger partial charge is 0.478 e. The molecule has 0 bridgehead atoms. The summed E-state index contributed by atoms with van der Waals surface area (Å²) in [4.78, 5) is 20.9. The lowest BCUT2D eigenvalue weighted by molar-refractivity contribution is -0.132. The lowest BCUT2D eigenvalue weighted by Crippen LogP contribution is -2.20. The van der Waals surface area contributed by atoms with Crippen LogP contribution in [-0.2, 0) is 9.59 Å². The number of thioether (sulfide) groups is 1. The summed E-state index contributed by atoms with van der Waals surface area (Å²) < 4.78 is -0.885. The first-order valence-corrected chi connectivity index (χ1v) is 6.88. The van der Waals surface area contributed by atoms with Crippen LogP contribution in [0, 0.1) is 0 Å². The fourth-order valence-electron chi connectivity index (χ4n) is 0.883. The van der Waals surface area contributed by atoms with E-state index in [1.165, 1.54) is 23.9 Å². The second-order valence-corrected chi connectivity index (χ2v) is 5.50. The number of aliphatic carboxylic acids is 2. The molecule has 96 valence electrons. The number of carbonyl (C=O) groups is 2. The minimum absolute atomic E-state index is 0.476. The molecule has 0 aliphatic carbocycles. The topological polar surface area (TPSA) is 74.6 Å². The highest BCUT2D eigenvalue weighted by atomic mass is 32.2. The Kier molecular flexibility index (Phi) is 8.28. The fraction of sp³-hybridized carbons (Fsp3) is 0.400. The van der Waals surface area contributed by atoms with Gasteiger partial charge >= 0.3 is 11.9 Å². The van der Waals surface area contributed by atoms with Crippen molar-refractivity contribution >= 4 is 49.0 Å². The zero-order valence-electron chi connectivity index (χ0n) is 8.94. The second-order valence-electron chi connectivity index (χ2n) is 3.11. The highest BCUT2D eigenvalue weighted by Gasteiger charge is 2.19. The van der Waals surface area contributed by atoms with E-state index in [-0.39, 0.29) is 0 Å². The van der Waals surface area contributed by atoms with E-state index in [0.717, 1.165) is 17.9 Å². The van der Waals surface area contributed by atoms with E-state index in [2.05, 4.69) is 25.3 Å². The quantitative estimate of drug-likeness (QED) is 0.311. The highest BCUT2D eigenvalue weighted by molar-refractivity contribution is 8.00. The first kappa shape index (κ1) is 16.5. The van der Waals surface area contributed by atoms with Crippen LogP contribution < -0.4 is 0 Å². The molecule has 4 nitrogen and oxygen atoms in total. The average Bonchev–Trinajstić information content (AvgIpc) is 2.24. The predicted molar refractivity (Wildman–Crippen MR) is 76.4 cm³/mol. The number of carboxylic acid groups (broad SMARTS) is 2. The summed E-state index contributed by atoms with van der Waals surface area (Å²) >= 11 is 9.87. The van der Waals surface area contributed by atoms with Gasteiger partial charge in [0.25, 0.3) is 0 Å². The summed E-state index contributed by atoms with van der Waals surface area (Å²) in [5, 5.41) is 17.1. The van der Waals surface area contributed by atoms with E-state index in [1.807, 2.05) is 0 Å². The number of hydrogen-bond acceptors (Lipinski definition) is 5. The molecule has 0 atom stereocenters. The van der Waals surface area contributed by atoms with Gasteiger partial charge in [0.15, 0.2) is 0 Å². The lowest BCUT2D eigenvalue weighted by atomic mass is 10.1. The molecular formula is C10H14O4S3. The standard InChI is InChI=1S/C10H14O4S3/c11-8(12)1-3-10(16,4-2-9(13)14)7-17-6-5-15/h1-4,15-16H,5-7H2,(H,11,12)(H,13,14). The van der Waals surface area contributed by atoms with Crippen LogP contribution in [0.25, 0.3) is 0 Å². The molecule has 0 aromatic rings. The van der Waals surface area contributed by atoms with Crippen LogP contribution >= 0.6 is 37.0 Å². The summed E-state index contributed by atoms with van der Waals surface area (Å²) in [5.41, 5.74) is 0. The smallest absolute Gasteiger partial charge is 0.328 e.